The molecule has 4 N–H and O–H groups in total. The first kappa shape index (κ1) is 23.7. The molecule has 6 aromatic rings. The summed E-state index contributed by atoms with van der Waals surface area (Å²) in [6.07, 6.45) is 7.91. The van der Waals surface area contributed by atoms with E-state index >= 15 is 0 Å². The number of hydrogen-bond acceptors (Lipinski definition) is 7. The molecule has 0 unspecified atom stereocenters. The minimum absolute atomic E-state index is 0.0367. The molecule has 0 spiro atoms. The number of nitrogens with one attached hydrogen (secondary N) is 4. The van der Waals surface area contributed by atoms with Crippen molar-refractivity contribution in [3.8, 4) is 33.9 Å². The van der Waals surface area contributed by atoms with Crippen LogP contribution in [0.3, 0.4) is 0 Å². The van der Waals surface area contributed by atoms with Crippen molar-refractivity contribution >= 4 is 44.9 Å². The highest BCUT2D eigenvalue weighted by Crippen LogP contribution is 2.33. The number of carbonyl (C=O) groups is 1. The van der Waals surface area contributed by atoms with Gasteiger partial charge in [0.05, 0.1) is 28.6 Å². The van der Waals surface area contributed by atoms with Gasteiger partial charge in [-0.25, -0.2) is 4.98 Å². The molecule has 0 aliphatic carbocycles. The third-order valence-electron chi connectivity index (χ3n) is 7.27. The number of benzene rings is 1. The Hall–Kier alpha value is -4.41. The molecule has 1 amide bonds. The third-order valence-corrected chi connectivity index (χ3v) is 7.95. The van der Waals surface area contributed by atoms with Crippen LogP contribution in [-0.4, -0.2) is 49.1 Å². The van der Waals surface area contributed by atoms with Crippen LogP contribution in [0, 0.1) is 5.92 Å². The Labute approximate surface area is 228 Å². The van der Waals surface area contributed by atoms with Crippen molar-refractivity contribution in [2.75, 3.05) is 18.4 Å². The predicted octanol–water partition coefficient (Wildman–Crippen LogP) is 5.62. The van der Waals surface area contributed by atoms with Gasteiger partial charge in [-0.1, -0.05) is 6.07 Å². The molecule has 10 heteroatoms. The Morgan fingerprint density at radius 2 is 1.92 bits per heavy atom. The van der Waals surface area contributed by atoms with Crippen LogP contribution in [0.4, 0.5) is 5.69 Å². The van der Waals surface area contributed by atoms with E-state index in [2.05, 4.69) is 53.3 Å². The monoisotopic (exact) mass is 534 g/mol. The molecule has 0 atom stereocenters. The molecular formula is C29H26N8OS. The summed E-state index contributed by atoms with van der Waals surface area (Å²) in [5, 5.41) is 19.2. The van der Waals surface area contributed by atoms with Gasteiger partial charge < -0.3 is 15.6 Å². The summed E-state index contributed by atoms with van der Waals surface area (Å²) >= 11 is 1.63. The minimum Gasteiger partial charge on any atom is -0.336 e. The molecule has 1 fully saturated rings. The minimum atomic E-state index is 0.0367. The predicted molar refractivity (Wildman–Crippen MR) is 154 cm³/mol. The fraction of sp³-hybridized carbons (Fsp3) is 0.207. The van der Waals surface area contributed by atoms with Gasteiger partial charge in [-0.15, -0.1) is 0 Å². The maximum absolute atomic E-state index is 12.7. The summed E-state index contributed by atoms with van der Waals surface area (Å²) in [6, 6.07) is 12.1. The molecule has 1 aromatic carbocycles. The summed E-state index contributed by atoms with van der Waals surface area (Å²) in [4.78, 5) is 30.0. The van der Waals surface area contributed by atoms with Crippen LogP contribution in [0.2, 0.25) is 0 Å². The summed E-state index contributed by atoms with van der Waals surface area (Å²) < 4.78 is 0. The van der Waals surface area contributed by atoms with Gasteiger partial charge in [0, 0.05) is 40.7 Å². The van der Waals surface area contributed by atoms with Crippen LogP contribution in [0.1, 0.15) is 19.3 Å². The zero-order valence-electron chi connectivity index (χ0n) is 21.1. The number of fused-ring (bicyclic) bond motifs is 2. The normalized spacial score (nSPS) is 14.3. The van der Waals surface area contributed by atoms with Crippen molar-refractivity contribution in [3.63, 3.8) is 0 Å². The SMILES string of the molecule is O=C(CC1CCNCC1)Nc1cncc(-c2ccc3[nH]nc(-c4nc5c(-c6ccsc6)nccc5[nH]4)c3c2)c1. The summed E-state index contributed by atoms with van der Waals surface area (Å²) in [5.41, 5.74) is 7.85. The number of hydrogen-bond donors (Lipinski definition) is 4. The van der Waals surface area contributed by atoms with E-state index in [1.807, 2.05) is 35.8 Å². The molecule has 5 aromatic heterocycles. The molecule has 194 valence electrons. The maximum Gasteiger partial charge on any atom is 0.224 e. The summed E-state index contributed by atoms with van der Waals surface area (Å²) in [5.74, 6) is 1.14. The molecular weight excluding hydrogens is 508 g/mol. The van der Waals surface area contributed by atoms with Gasteiger partial charge >= 0.3 is 0 Å². The average molecular weight is 535 g/mol. The average Bonchev–Trinajstić information content (AvgIpc) is 3.73. The van der Waals surface area contributed by atoms with Crippen molar-refractivity contribution < 1.29 is 4.79 Å². The third kappa shape index (κ3) is 4.68. The number of aromatic amines is 2. The van der Waals surface area contributed by atoms with Crippen LogP contribution in [0.5, 0.6) is 0 Å². The second-order valence-corrected chi connectivity index (χ2v) is 10.7. The topological polar surface area (TPSA) is 124 Å². The Bertz CT molecular complexity index is 1780. The molecule has 0 saturated carbocycles. The van der Waals surface area contributed by atoms with Gasteiger partial charge in [0.2, 0.25) is 5.91 Å². The van der Waals surface area contributed by atoms with E-state index < -0.39 is 0 Å². The Morgan fingerprint density at radius 3 is 2.79 bits per heavy atom. The first-order chi connectivity index (χ1) is 19.2. The standard InChI is InChI=1S/C29H26N8OS/c38-25(11-17-3-7-30-8-4-17)33-21-12-20(14-31-15-21)18-1-2-23-22(13-18)27(37-36-23)29-34-24-5-9-32-26(28(24)35-29)19-6-10-39-16-19/h1-2,5-6,9-10,12-17,30H,3-4,7-8,11H2,(H,33,38)(H,34,35)(H,36,37). The van der Waals surface area contributed by atoms with E-state index in [1.165, 1.54) is 0 Å². The number of rotatable bonds is 6. The molecule has 6 heterocycles. The quantitative estimate of drug-likeness (QED) is 0.220. The molecule has 39 heavy (non-hydrogen) atoms. The smallest absolute Gasteiger partial charge is 0.224 e. The van der Waals surface area contributed by atoms with Crippen molar-refractivity contribution in [1.29, 1.82) is 0 Å². The van der Waals surface area contributed by atoms with Gasteiger partial charge in [0.25, 0.3) is 0 Å². The zero-order valence-corrected chi connectivity index (χ0v) is 21.9. The lowest BCUT2D eigenvalue weighted by molar-refractivity contribution is -0.117. The molecule has 7 rings (SSSR count). The van der Waals surface area contributed by atoms with Crippen LogP contribution >= 0.6 is 11.3 Å². The molecule has 1 aliphatic rings. The van der Waals surface area contributed by atoms with Gasteiger partial charge in [0.15, 0.2) is 5.82 Å². The van der Waals surface area contributed by atoms with E-state index in [9.17, 15) is 4.79 Å². The molecule has 0 radical (unpaired) electrons. The molecule has 9 nitrogen and oxygen atoms in total. The number of H-pyrrole nitrogens is 2. The van der Waals surface area contributed by atoms with Crippen LogP contribution in [0.25, 0.3) is 55.8 Å². The van der Waals surface area contributed by atoms with E-state index in [0.717, 1.165) is 75.9 Å². The van der Waals surface area contributed by atoms with E-state index in [0.29, 0.717) is 23.9 Å². The molecule has 1 aliphatic heterocycles. The number of anilines is 1. The fourth-order valence-corrected chi connectivity index (χ4v) is 5.90. The van der Waals surface area contributed by atoms with Crippen molar-refractivity contribution in [2.45, 2.75) is 19.3 Å². The first-order valence-corrected chi connectivity index (χ1v) is 14.0. The Morgan fingerprint density at radius 1 is 1.00 bits per heavy atom. The lowest BCUT2D eigenvalue weighted by atomic mass is 9.94. The first-order valence-electron chi connectivity index (χ1n) is 13.0. The van der Waals surface area contributed by atoms with Gasteiger partial charge in [-0.05, 0) is 73.1 Å². The highest BCUT2D eigenvalue weighted by atomic mass is 32.1. The number of imidazole rings is 1. The number of pyridine rings is 2. The number of piperidine rings is 1. The van der Waals surface area contributed by atoms with Crippen LogP contribution in [0.15, 0.2) is 65.7 Å². The van der Waals surface area contributed by atoms with E-state index in [4.69, 9.17) is 4.98 Å². The Kier molecular flexibility index (Phi) is 6.10. The highest BCUT2D eigenvalue weighted by molar-refractivity contribution is 7.08. The fourth-order valence-electron chi connectivity index (χ4n) is 5.26. The highest BCUT2D eigenvalue weighted by Gasteiger charge is 2.18. The van der Waals surface area contributed by atoms with Gasteiger partial charge in [0.1, 0.15) is 11.2 Å². The van der Waals surface area contributed by atoms with Crippen LogP contribution < -0.4 is 10.6 Å². The maximum atomic E-state index is 12.7. The molecule has 0 bridgehead atoms. The number of thiophene rings is 1. The second-order valence-electron chi connectivity index (χ2n) is 9.89. The number of amides is 1. The van der Waals surface area contributed by atoms with E-state index in [-0.39, 0.29) is 5.91 Å². The lowest BCUT2D eigenvalue weighted by Gasteiger charge is -2.21. The number of nitrogens with zero attached hydrogens (tertiary/aromatic N) is 4. The Balaban J connectivity index is 1.19. The van der Waals surface area contributed by atoms with Crippen LogP contribution in [-0.2, 0) is 4.79 Å². The second kappa shape index (κ2) is 10.0. The lowest BCUT2D eigenvalue weighted by Crippen LogP contribution is -2.30. The van der Waals surface area contributed by atoms with Crippen molar-refractivity contribution in [2.24, 2.45) is 5.92 Å². The molecule has 1 saturated heterocycles. The van der Waals surface area contributed by atoms with Crippen molar-refractivity contribution in [3.05, 3.63) is 65.7 Å². The van der Waals surface area contributed by atoms with Gasteiger partial charge in [-0.2, -0.15) is 16.4 Å². The van der Waals surface area contributed by atoms with Crippen molar-refractivity contribution in [1.82, 2.24) is 35.5 Å². The van der Waals surface area contributed by atoms with Gasteiger partial charge in [-0.3, -0.25) is 19.9 Å². The largest absolute Gasteiger partial charge is 0.336 e. The number of aromatic nitrogens is 6. The summed E-state index contributed by atoms with van der Waals surface area (Å²) in [6.45, 7) is 1.96. The summed E-state index contributed by atoms with van der Waals surface area (Å²) in [7, 11) is 0. The zero-order chi connectivity index (χ0) is 26.2. The number of carbonyl (C=O) groups excluding carboxylic acids is 1. The van der Waals surface area contributed by atoms with E-state index in [1.54, 1.807) is 23.7 Å².